The smallest absolute Gasteiger partial charge is 0.227 e. The lowest BCUT2D eigenvalue weighted by Gasteiger charge is -2.32. The van der Waals surface area contributed by atoms with Gasteiger partial charge < -0.3 is 9.47 Å². The van der Waals surface area contributed by atoms with Crippen molar-refractivity contribution in [1.82, 2.24) is 19.7 Å². The monoisotopic (exact) mass is 372 g/mol. The van der Waals surface area contributed by atoms with Crippen LogP contribution in [0.4, 0.5) is 0 Å². The van der Waals surface area contributed by atoms with Crippen molar-refractivity contribution in [3.8, 4) is 0 Å². The number of fused-ring (bicyclic) bond motifs is 1. The summed E-state index contributed by atoms with van der Waals surface area (Å²) < 4.78 is 2.32. The van der Waals surface area contributed by atoms with Crippen molar-refractivity contribution >= 4 is 17.5 Å². The third kappa shape index (κ3) is 3.63. The molecule has 5 nitrogen and oxygen atoms in total. The van der Waals surface area contributed by atoms with Gasteiger partial charge in [-0.05, 0) is 37.3 Å². The van der Waals surface area contributed by atoms with Crippen molar-refractivity contribution in [3.63, 3.8) is 0 Å². The van der Waals surface area contributed by atoms with Crippen LogP contribution >= 0.6 is 11.6 Å². The normalized spacial score (nSPS) is 20.5. The molecule has 0 N–H and O–H groups in total. The predicted octanol–water partition coefficient (Wildman–Crippen LogP) is 3.61. The molecule has 1 saturated heterocycles. The van der Waals surface area contributed by atoms with Crippen LogP contribution in [0.25, 0.3) is 0 Å². The maximum Gasteiger partial charge on any atom is 0.227 e. The molecule has 2 aliphatic rings. The zero-order valence-corrected chi connectivity index (χ0v) is 15.8. The summed E-state index contributed by atoms with van der Waals surface area (Å²) in [5, 5.41) is 9.61. The van der Waals surface area contributed by atoms with E-state index in [9.17, 15) is 4.79 Å². The molecule has 1 unspecified atom stereocenters. The van der Waals surface area contributed by atoms with Crippen LogP contribution in [0.1, 0.15) is 55.2 Å². The highest BCUT2D eigenvalue weighted by molar-refractivity contribution is 6.31. The largest absolute Gasteiger partial charge is 0.342 e. The molecule has 1 aromatic heterocycles. The van der Waals surface area contributed by atoms with E-state index < -0.39 is 0 Å². The first-order valence-corrected chi connectivity index (χ1v) is 10.0. The van der Waals surface area contributed by atoms with E-state index in [-0.39, 0.29) is 5.91 Å². The van der Waals surface area contributed by atoms with E-state index in [0.717, 1.165) is 56.1 Å². The summed E-state index contributed by atoms with van der Waals surface area (Å²) in [5.74, 6) is 2.64. The van der Waals surface area contributed by atoms with Crippen LogP contribution < -0.4 is 0 Å². The minimum absolute atomic E-state index is 0.151. The highest BCUT2D eigenvalue weighted by atomic mass is 35.5. The van der Waals surface area contributed by atoms with Gasteiger partial charge >= 0.3 is 0 Å². The summed E-state index contributed by atoms with van der Waals surface area (Å²) in [4.78, 5) is 14.8. The molecule has 1 aromatic carbocycles. The Labute approximate surface area is 159 Å². The van der Waals surface area contributed by atoms with Crippen molar-refractivity contribution in [3.05, 3.63) is 46.5 Å². The fraction of sp³-hybridized carbons (Fsp3) is 0.550. The second-order valence-electron chi connectivity index (χ2n) is 7.38. The number of likely N-dealkylation sites (tertiary alicyclic amines) is 1. The van der Waals surface area contributed by atoms with Crippen LogP contribution in [-0.4, -0.2) is 38.7 Å². The summed E-state index contributed by atoms with van der Waals surface area (Å²) in [6.07, 6.45) is 7.13. The molecular formula is C20H25ClN4O. The first kappa shape index (κ1) is 17.5. The molecule has 1 fully saturated rings. The summed E-state index contributed by atoms with van der Waals surface area (Å²) in [7, 11) is 0. The lowest BCUT2D eigenvalue weighted by Crippen LogP contribution is -2.40. The van der Waals surface area contributed by atoms with Crippen LogP contribution in [0.2, 0.25) is 5.02 Å². The van der Waals surface area contributed by atoms with Crippen molar-refractivity contribution < 1.29 is 4.79 Å². The number of aryl methyl sites for hydroxylation is 1. The Bertz CT molecular complexity index is 788. The number of carbonyl (C=O) groups is 1. The van der Waals surface area contributed by atoms with Gasteiger partial charge in [0.25, 0.3) is 0 Å². The minimum Gasteiger partial charge on any atom is -0.342 e. The number of halogens is 1. The number of carbonyl (C=O) groups excluding carboxylic acids is 1. The lowest BCUT2D eigenvalue weighted by molar-refractivity contribution is -0.131. The van der Waals surface area contributed by atoms with Gasteiger partial charge in [0.1, 0.15) is 11.6 Å². The van der Waals surface area contributed by atoms with Crippen molar-refractivity contribution in [2.45, 2.75) is 57.4 Å². The molecule has 0 saturated carbocycles. The van der Waals surface area contributed by atoms with Crippen LogP contribution in [-0.2, 0) is 24.2 Å². The summed E-state index contributed by atoms with van der Waals surface area (Å²) in [6.45, 7) is 2.57. The average Bonchev–Trinajstić information content (AvgIpc) is 2.92. The Morgan fingerprint density at radius 1 is 1.12 bits per heavy atom. The number of hydrogen-bond donors (Lipinski definition) is 0. The molecule has 3 heterocycles. The van der Waals surface area contributed by atoms with E-state index in [1.165, 1.54) is 19.3 Å². The Balaban J connectivity index is 1.47. The van der Waals surface area contributed by atoms with Gasteiger partial charge in [-0.25, -0.2) is 0 Å². The summed E-state index contributed by atoms with van der Waals surface area (Å²) in [5.41, 5.74) is 0.901. The third-order valence-electron chi connectivity index (χ3n) is 5.58. The number of hydrogen-bond acceptors (Lipinski definition) is 3. The quantitative estimate of drug-likeness (QED) is 0.827. The standard InChI is InChI=1S/C20H25ClN4O/c21-17-9-4-3-7-15(17)13-19(26)24-11-6-8-16(14-24)20-23-22-18-10-2-1-5-12-25(18)20/h3-4,7,9,16H,1-2,5-6,8,10-14H2. The maximum atomic E-state index is 12.8. The van der Waals surface area contributed by atoms with Gasteiger partial charge in [0, 0.05) is 37.0 Å². The highest BCUT2D eigenvalue weighted by Crippen LogP contribution is 2.28. The van der Waals surface area contributed by atoms with E-state index in [4.69, 9.17) is 11.6 Å². The molecule has 2 aliphatic heterocycles. The number of nitrogens with zero attached hydrogens (tertiary/aromatic N) is 4. The summed E-state index contributed by atoms with van der Waals surface area (Å²) >= 11 is 6.22. The molecule has 1 amide bonds. The second-order valence-corrected chi connectivity index (χ2v) is 7.79. The molecule has 138 valence electrons. The van der Waals surface area contributed by atoms with Gasteiger partial charge in [-0.2, -0.15) is 0 Å². The SMILES string of the molecule is O=C(Cc1ccccc1Cl)N1CCCC(c2nnc3n2CCCCC3)C1. The maximum absolute atomic E-state index is 12.8. The predicted molar refractivity (Wildman–Crippen MR) is 101 cm³/mol. The molecule has 1 atom stereocenters. The number of rotatable bonds is 3. The molecular weight excluding hydrogens is 348 g/mol. The zero-order valence-electron chi connectivity index (χ0n) is 15.0. The highest BCUT2D eigenvalue weighted by Gasteiger charge is 2.29. The van der Waals surface area contributed by atoms with Crippen molar-refractivity contribution in [2.75, 3.05) is 13.1 Å². The lowest BCUT2D eigenvalue weighted by atomic mass is 9.96. The van der Waals surface area contributed by atoms with Gasteiger partial charge in [-0.15, -0.1) is 10.2 Å². The summed E-state index contributed by atoms with van der Waals surface area (Å²) in [6, 6.07) is 7.60. The van der Waals surface area contributed by atoms with Crippen molar-refractivity contribution in [2.24, 2.45) is 0 Å². The van der Waals surface area contributed by atoms with E-state index in [1.807, 2.05) is 29.2 Å². The molecule has 6 heteroatoms. The molecule has 26 heavy (non-hydrogen) atoms. The van der Waals surface area contributed by atoms with Gasteiger partial charge in [0.15, 0.2) is 0 Å². The Hall–Kier alpha value is -1.88. The number of benzene rings is 1. The van der Waals surface area contributed by atoms with Gasteiger partial charge in [0.05, 0.1) is 6.42 Å². The van der Waals surface area contributed by atoms with E-state index in [1.54, 1.807) is 0 Å². The molecule has 0 aliphatic carbocycles. The van der Waals surface area contributed by atoms with Gasteiger partial charge in [-0.1, -0.05) is 36.2 Å². The van der Waals surface area contributed by atoms with Gasteiger partial charge in [-0.3, -0.25) is 4.79 Å². The second kappa shape index (κ2) is 7.78. The van der Waals surface area contributed by atoms with Crippen LogP contribution in [0.5, 0.6) is 0 Å². The van der Waals surface area contributed by atoms with Crippen LogP contribution in [0.15, 0.2) is 24.3 Å². The fourth-order valence-corrected chi connectivity index (χ4v) is 4.34. The van der Waals surface area contributed by atoms with E-state index in [2.05, 4.69) is 14.8 Å². The number of piperidine rings is 1. The number of aromatic nitrogens is 3. The van der Waals surface area contributed by atoms with Crippen LogP contribution in [0.3, 0.4) is 0 Å². The Kier molecular flexibility index (Phi) is 5.25. The Morgan fingerprint density at radius 2 is 2.00 bits per heavy atom. The average molecular weight is 373 g/mol. The zero-order chi connectivity index (χ0) is 17.9. The third-order valence-corrected chi connectivity index (χ3v) is 5.95. The van der Waals surface area contributed by atoms with Crippen molar-refractivity contribution in [1.29, 1.82) is 0 Å². The fourth-order valence-electron chi connectivity index (χ4n) is 4.14. The molecule has 0 radical (unpaired) electrons. The van der Waals surface area contributed by atoms with Gasteiger partial charge in [0.2, 0.25) is 5.91 Å². The molecule has 0 spiro atoms. The molecule has 2 aromatic rings. The van der Waals surface area contributed by atoms with E-state index >= 15 is 0 Å². The van der Waals surface area contributed by atoms with Crippen LogP contribution in [0, 0.1) is 0 Å². The molecule has 0 bridgehead atoms. The molecule has 4 rings (SSSR count). The first-order valence-electron chi connectivity index (χ1n) is 9.65. The number of amides is 1. The topological polar surface area (TPSA) is 51.0 Å². The Morgan fingerprint density at radius 3 is 2.88 bits per heavy atom. The minimum atomic E-state index is 0.151. The van der Waals surface area contributed by atoms with E-state index in [0.29, 0.717) is 17.4 Å². The first-order chi connectivity index (χ1) is 12.7.